The number of amides is 1. The Morgan fingerprint density at radius 1 is 1.11 bits per heavy atom. The Balaban J connectivity index is 2.24. The molecule has 0 aliphatic rings. The van der Waals surface area contributed by atoms with Crippen molar-refractivity contribution in [3.63, 3.8) is 0 Å². The Kier molecular flexibility index (Phi) is 3.86. The molecule has 1 aromatic heterocycles. The van der Waals surface area contributed by atoms with E-state index in [9.17, 15) is 9.59 Å². The molecular weight excluding hydrogens is 314 g/mol. The first-order valence-electron chi connectivity index (χ1n) is 5.16. The molecule has 96 valence electrons. The maximum absolute atomic E-state index is 11.9. The number of aromatic carboxylic acids is 1. The molecule has 2 N–H and O–H groups in total. The molecule has 0 unspecified atom stereocenters. The molecule has 1 heterocycles. The second kappa shape index (κ2) is 5.57. The molecule has 1 amide bonds. The molecule has 1 aromatic carbocycles. The lowest BCUT2D eigenvalue weighted by Crippen LogP contribution is -2.13. The summed E-state index contributed by atoms with van der Waals surface area (Å²) in [4.78, 5) is 30.2. The normalized spacial score (nSPS) is 9.95. The number of hydrogen-bond donors (Lipinski definition) is 2. The van der Waals surface area contributed by atoms with Crippen molar-refractivity contribution in [3.05, 3.63) is 52.5 Å². The van der Waals surface area contributed by atoms with Gasteiger partial charge in [0.15, 0.2) is 0 Å². The van der Waals surface area contributed by atoms with E-state index in [-0.39, 0.29) is 5.56 Å². The van der Waals surface area contributed by atoms with Crippen molar-refractivity contribution < 1.29 is 14.7 Å². The molecule has 0 spiro atoms. The quantitative estimate of drug-likeness (QED) is 0.904. The van der Waals surface area contributed by atoms with Crippen LogP contribution < -0.4 is 5.32 Å². The number of benzene rings is 1. The number of nitrogens with one attached hydrogen (secondary N) is 1. The average molecular weight is 322 g/mol. The zero-order valence-corrected chi connectivity index (χ0v) is 11.1. The van der Waals surface area contributed by atoms with Crippen molar-refractivity contribution in [1.82, 2.24) is 9.97 Å². The summed E-state index contributed by atoms with van der Waals surface area (Å²) in [5, 5.41) is 11.5. The van der Waals surface area contributed by atoms with Gasteiger partial charge in [0.2, 0.25) is 0 Å². The number of nitrogens with zero attached hydrogens (tertiary/aromatic N) is 2. The number of aromatic nitrogens is 2. The largest absolute Gasteiger partial charge is 0.478 e. The first kappa shape index (κ1) is 13.2. The minimum atomic E-state index is -1.07. The summed E-state index contributed by atoms with van der Waals surface area (Å²) in [7, 11) is 0. The molecule has 0 radical (unpaired) electrons. The third-order valence-corrected chi connectivity index (χ3v) is 2.68. The summed E-state index contributed by atoms with van der Waals surface area (Å²) in [5.41, 5.74) is 0.744. The molecule has 0 atom stereocenters. The van der Waals surface area contributed by atoms with Gasteiger partial charge >= 0.3 is 5.97 Å². The van der Waals surface area contributed by atoms with Gasteiger partial charge in [0, 0.05) is 22.6 Å². The SMILES string of the molecule is O=C(O)c1cc(Br)cc(NC(=O)c2cncnc2)c1. The fourth-order valence-corrected chi connectivity index (χ4v) is 1.90. The Morgan fingerprint density at radius 3 is 2.42 bits per heavy atom. The zero-order valence-electron chi connectivity index (χ0n) is 9.50. The van der Waals surface area contributed by atoms with Crippen molar-refractivity contribution in [2.45, 2.75) is 0 Å². The predicted molar refractivity (Wildman–Crippen MR) is 71.1 cm³/mol. The summed E-state index contributed by atoms with van der Waals surface area (Å²) in [6.07, 6.45) is 4.06. The van der Waals surface area contributed by atoms with Crippen LogP contribution in [0.5, 0.6) is 0 Å². The number of rotatable bonds is 3. The zero-order chi connectivity index (χ0) is 13.8. The molecule has 0 bridgehead atoms. The van der Waals surface area contributed by atoms with Gasteiger partial charge in [-0.25, -0.2) is 14.8 Å². The molecule has 0 fully saturated rings. The number of carbonyl (C=O) groups is 2. The first-order chi connectivity index (χ1) is 9.06. The highest BCUT2D eigenvalue weighted by atomic mass is 79.9. The third kappa shape index (κ3) is 3.35. The van der Waals surface area contributed by atoms with Crippen molar-refractivity contribution in [2.75, 3.05) is 5.32 Å². The average Bonchev–Trinajstić information content (AvgIpc) is 2.39. The Bertz CT molecular complexity index is 631. The number of carboxylic acids is 1. The van der Waals surface area contributed by atoms with Crippen LogP contribution in [0.1, 0.15) is 20.7 Å². The van der Waals surface area contributed by atoms with Gasteiger partial charge in [0.05, 0.1) is 11.1 Å². The van der Waals surface area contributed by atoms with Crippen LogP contribution in [0, 0.1) is 0 Å². The maximum Gasteiger partial charge on any atom is 0.335 e. The Hall–Kier alpha value is -2.28. The van der Waals surface area contributed by atoms with Crippen LogP contribution in [0.15, 0.2) is 41.4 Å². The van der Waals surface area contributed by atoms with Gasteiger partial charge in [-0.2, -0.15) is 0 Å². The Labute approximate surface area is 116 Å². The highest BCUT2D eigenvalue weighted by Gasteiger charge is 2.10. The van der Waals surface area contributed by atoms with Gasteiger partial charge in [0.25, 0.3) is 5.91 Å². The number of hydrogen-bond acceptors (Lipinski definition) is 4. The molecule has 0 aliphatic heterocycles. The first-order valence-corrected chi connectivity index (χ1v) is 5.96. The van der Waals surface area contributed by atoms with Crippen LogP contribution in [0.4, 0.5) is 5.69 Å². The van der Waals surface area contributed by atoms with Gasteiger partial charge < -0.3 is 10.4 Å². The molecule has 0 aliphatic carbocycles. The van der Waals surface area contributed by atoms with E-state index >= 15 is 0 Å². The standard InChI is InChI=1S/C12H8BrN3O3/c13-9-1-7(12(18)19)2-10(3-9)16-11(17)8-4-14-6-15-5-8/h1-6H,(H,16,17)(H,18,19). The van der Waals surface area contributed by atoms with Crippen molar-refractivity contribution in [3.8, 4) is 0 Å². The van der Waals surface area contributed by atoms with Crippen molar-refractivity contribution >= 4 is 33.5 Å². The van der Waals surface area contributed by atoms with E-state index in [4.69, 9.17) is 5.11 Å². The number of anilines is 1. The minimum Gasteiger partial charge on any atom is -0.478 e. The lowest BCUT2D eigenvalue weighted by atomic mass is 10.2. The maximum atomic E-state index is 11.9. The monoisotopic (exact) mass is 321 g/mol. The van der Waals surface area contributed by atoms with E-state index in [2.05, 4.69) is 31.2 Å². The van der Waals surface area contributed by atoms with E-state index in [1.165, 1.54) is 30.9 Å². The predicted octanol–water partition coefficient (Wildman–Crippen LogP) is 2.19. The smallest absolute Gasteiger partial charge is 0.335 e. The van der Waals surface area contributed by atoms with Crippen LogP contribution in [0.2, 0.25) is 0 Å². The van der Waals surface area contributed by atoms with E-state index in [0.717, 1.165) is 0 Å². The topological polar surface area (TPSA) is 92.2 Å². The summed E-state index contributed by atoms with van der Waals surface area (Å²) in [5.74, 6) is -1.48. The molecule has 7 heteroatoms. The highest BCUT2D eigenvalue weighted by Crippen LogP contribution is 2.20. The molecule has 6 nitrogen and oxygen atoms in total. The van der Waals surface area contributed by atoms with Gasteiger partial charge in [-0.05, 0) is 18.2 Å². The van der Waals surface area contributed by atoms with E-state index < -0.39 is 11.9 Å². The van der Waals surface area contributed by atoms with Crippen LogP contribution in [-0.2, 0) is 0 Å². The molecule has 19 heavy (non-hydrogen) atoms. The van der Waals surface area contributed by atoms with Crippen LogP contribution in [-0.4, -0.2) is 27.0 Å². The third-order valence-electron chi connectivity index (χ3n) is 2.23. The molecule has 2 aromatic rings. The molecule has 2 rings (SSSR count). The lowest BCUT2D eigenvalue weighted by Gasteiger charge is -2.06. The fraction of sp³-hybridized carbons (Fsp3) is 0. The van der Waals surface area contributed by atoms with E-state index in [1.54, 1.807) is 6.07 Å². The van der Waals surface area contributed by atoms with Crippen LogP contribution in [0.3, 0.4) is 0 Å². The Morgan fingerprint density at radius 2 is 1.79 bits per heavy atom. The van der Waals surface area contributed by atoms with E-state index in [1.807, 2.05) is 0 Å². The van der Waals surface area contributed by atoms with Gasteiger partial charge in [-0.15, -0.1) is 0 Å². The second-order valence-corrected chi connectivity index (χ2v) is 4.53. The van der Waals surface area contributed by atoms with Gasteiger partial charge in [0.1, 0.15) is 6.33 Å². The van der Waals surface area contributed by atoms with Gasteiger partial charge in [-0.3, -0.25) is 4.79 Å². The van der Waals surface area contributed by atoms with Crippen molar-refractivity contribution in [1.29, 1.82) is 0 Å². The van der Waals surface area contributed by atoms with Gasteiger partial charge in [-0.1, -0.05) is 15.9 Å². The number of carboxylic acid groups (broad SMARTS) is 1. The molecular formula is C12H8BrN3O3. The summed E-state index contributed by atoms with van der Waals surface area (Å²) >= 11 is 3.19. The molecule has 0 saturated heterocycles. The van der Waals surface area contributed by atoms with E-state index in [0.29, 0.717) is 15.7 Å². The van der Waals surface area contributed by atoms with Crippen molar-refractivity contribution in [2.24, 2.45) is 0 Å². The van der Waals surface area contributed by atoms with Crippen LogP contribution in [0.25, 0.3) is 0 Å². The fourth-order valence-electron chi connectivity index (χ4n) is 1.40. The van der Waals surface area contributed by atoms with Crippen LogP contribution >= 0.6 is 15.9 Å². The number of carbonyl (C=O) groups excluding carboxylic acids is 1. The summed E-state index contributed by atoms with van der Waals surface area (Å²) < 4.78 is 0.562. The summed E-state index contributed by atoms with van der Waals surface area (Å²) in [6, 6.07) is 4.42. The highest BCUT2D eigenvalue weighted by molar-refractivity contribution is 9.10. The summed E-state index contributed by atoms with van der Waals surface area (Å²) in [6.45, 7) is 0. The second-order valence-electron chi connectivity index (χ2n) is 3.62. The lowest BCUT2D eigenvalue weighted by molar-refractivity contribution is 0.0696. The molecule has 0 saturated carbocycles. The minimum absolute atomic E-state index is 0.0778. The number of halogens is 1.